The van der Waals surface area contributed by atoms with Gasteiger partial charge < -0.3 is 10.6 Å². The smallest absolute Gasteiger partial charge is 0.220 e. The maximum atomic E-state index is 12.0. The number of carbonyl (C=O) groups excluding carboxylic acids is 1. The van der Waals surface area contributed by atoms with Crippen molar-refractivity contribution in [1.29, 1.82) is 0 Å². The van der Waals surface area contributed by atoms with Crippen molar-refractivity contribution in [2.45, 2.75) is 51.0 Å². The number of amides is 1. The summed E-state index contributed by atoms with van der Waals surface area (Å²) in [6.07, 6.45) is 8.67. The quantitative estimate of drug-likeness (QED) is 0.783. The Morgan fingerprint density at radius 1 is 1.24 bits per heavy atom. The third kappa shape index (κ3) is 2.65. The highest BCUT2D eigenvalue weighted by molar-refractivity contribution is 5.76. The van der Waals surface area contributed by atoms with Crippen LogP contribution in [0.1, 0.15) is 44.9 Å². The third-order valence-corrected chi connectivity index (χ3v) is 4.99. The highest BCUT2D eigenvalue weighted by Crippen LogP contribution is 2.49. The van der Waals surface area contributed by atoms with Crippen LogP contribution in [0.3, 0.4) is 0 Å². The van der Waals surface area contributed by atoms with Crippen molar-refractivity contribution in [3.05, 3.63) is 0 Å². The lowest BCUT2D eigenvalue weighted by molar-refractivity contribution is -0.123. The van der Waals surface area contributed by atoms with E-state index >= 15 is 0 Å². The van der Waals surface area contributed by atoms with Crippen molar-refractivity contribution < 1.29 is 4.79 Å². The Morgan fingerprint density at radius 3 is 2.82 bits per heavy atom. The molecule has 3 aliphatic rings. The Balaban J connectivity index is 1.44. The zero-order valence-corrected chi connectivity index (χ0v) is 10.6. The second kappa shape index (κ2) is 4.97. The van der Waals surface area contributed by atoms with Crippen molar-refractivity contribution in [1.82, 2.24) is 10.6 Å². The van der Waals surface area contributed by atoms with Gasteiger partial charge in [-0.2, -0.15) is 0 Å². The Morgan fingerprint density at radius 2 is 2.18 bits per heavy atom. The van der Waals surface area contributed by atoms with Gasteiger partial charge in [0.1, 0.15) is 0 Å². The zero-order valence-electron chi connectivity index (χ0n) is 10.6. The molecule has 3 heteroatoms. The SMILES string of the molecule is O=C(CC1CC2CCC1C2)NC1CCCNC1. The fourth-order valence-electron chi connectivity index (χ4n) is 4.13. The molecule has 4 atom stereocenters. The van der Waals surface area contributed by atoms with Crippen LogP contribution < -0.4 is 10.6 Å². The second-order valence-electron chi connectivity index (χ2n) is 6.25. The van der Waals surface area contributed by atoms with Crippen LogP contribution in [-0.4, -0.2) is 25.0 Å². The van der Waals surface area contributed by atoms with E-state index in [4.69, 9.17) is 0 Å². The number of hydrogen-bond donors (Lipinski definition) is 2. The van der Waals surface area contributed by atoms with Crippen molar-refractivity contribution in [2.24, 2.45) is 17.8 Å². The minimum atomic E-state index is 0.302. The van der Waals surface area contributed by atoms with E-state index in [1.54, 1.807) is 0 Å². The standard InChI is InChI=1S/C14H24N2O/c17-14(16-13-2-1-5-15-9-13)8-12-7-10-3-4-11(12)6-10/h10-13,15H,1-9H2,(H,16,17). The molecule has 0 aromatic carbocycles. The lowest BCUT2D eigenvalue weighted by Gasteiger charge is -2.26. The second-order valence-corrected chi connectivity index (χ2v) is 6.25. The Hall–Kier alpha value is -0.570. The third-order valence-electron chi connectivity index (χ3n) is 4.99. The van der Waals surface area contributed by atoms with Crippen molar-refractivity contribution in [3.8, 4) is 0 Å². The van der Waals surface area contributed by atoms with Gasteiger partial charge in [0, 0.05) is 19.0 Å². The van der Waals surface area contributed by atoms with Gasteiger partial charge in [0.05, 0.1) is 0 Å². The lowest BCUT2D eigenvalue weighted by atomic mass is 9.86. The molecule has 2 N–H and O–H groups in total. The summed E-state index contributed by atoms with van der Waals surface area (Å²) in [6.45, 7) is 2.07. The molecular weight excluding hydrogens is 212 g/mol. The normalized spacial score (nSPS) is 40.5. The highest BCUT2D eigenvalue weighted by atomic mass is 16.1. The summed E-state index contributed by atoms with van der Waals surface area (Å²) in [7, 11) is 0. The molecule has 2 aliphatic carbocycles. The first kappa shape index (κ1) is 11.5. The average molecular weight is 236 g/mol. The van der Waals surface area contributed by atoms with Crippen LogP contribution in [0.2, 0.25) is 0 Å². The maximum absolute atomic E-state index is 12.0. The molecule has 0 aromatic heterocycles. The molecule has 1 saturated heterocycles. The molecule has 1 amide bonds. The van der Waals surface area contributed by atoms with Gasteiger partial charge in [0.15, 0.2) is 0 Å². The van der Waals surface area contributed by atoms with E-state index < -0.39 is 0 Å². The van der Waals surface area contributed by atoms with Gasteiger partial charge in [-0.05, 0) is 56.4 Å². The molecule has 0 spiro atoms. The van der Waals surface area contributed by atoms with E-state index in [1.807, 2.05) is 0 Å². The van der Waals surface area contributed by atoms with Crippen molar-refractivity contribution >= 4 is 5.91 Å². The van der Waals surface area contributed by atoms with Gasteiger partial charge in [0.2, 0.25) is 5.91 Å². The summed E-state index contributed by atoms with van der Waals surface area (Å²) in [6, 6.07) is 0.384. The minimum absolute atomic E-state index is 0.302. The Bertz CT molecular complexity index is 286. The van der Waals surface area contributed by atoms with E-state index in [0.29, 0.717) is 17.9 Å². The molecule has 3 fully saturated rings. The predicted molar refractivity (Wildman–Crippen MR) is 67.6 cm³/mol. The first-order chi connectivity index (χ1) is 8.31. The molecular formula is C14H24N2O. The first-order valence-electron chi connectivity index (χ1n) is 7.31. The summed E-state index contributed by atoms with van der Waals surface area (Å²) in [5.74, 6) is 2.82. The van der Waals surface area contributed by atoms with E-state index in [9.17, 15) is 4.79 Å². The van der Waals surface area contributed by atoms with Crippen molar-refractivity contribution in [3.63, 3.8) is 0 Å². The van der Waals surface area contributed by atoms with Crippen LogP contribution in [0, 0.1) is 17.8 Å². The van der Waals surface area contributed by atoms with E-state index in [1.165, 1.54) is 32.1 Å². The van der Waals surface area contributed by atoms with E-state index in [2.05, 4.69) is 10.6 Å². The minimum Gasteiger partial charge on any atom is -0.352 e. The molecule has 2 saturated carbocycles. The molecule has 1 aliphatic heterocycles. The van der Waals surface area contributed by atoms with Gasteiger partial charge in [-0.15, -0.1) is 0 Å². The Labute approximate surface area is 104 Å². The van der Waals surface area contributed by atoms with Gasteiger partial charge in [0.25, 0.3) is 0 Å². The molecule has 3 nitrogen and oxygen atoms in total. The summed E-state index contributed by atoms with van der Waals surface area (Å²) < 4.78 is 0. The van der Waals surface area contributed by atoms with Crippen LogP contribution in [-0.2, 0) is 4.79 Å². The van der Waals surface area contributed by atoms with E-state index in [-0.39, 0.29) is 0 Å². The number of nitrogens with one attached hydrogen (secondary N) is 2. The molecule has 96 valence electrons. The maximum Gasteiger partial charge on any atom is 0.220 e. The number of fused-ring (bicyclic) bond motifs is 2. The summed E-state index contributed by atoms with van der Waals surface area (Å²) in [5, 5.41) is 6.55. The number of rotatable bonds is 3. The summed E-state index contributed by atoms with van der Waals surface area (Å²) in [4.78, 5) is 12.0. The van der Waals surface area contributed by atoms with Gasteiger partial charge in [-0.3, -0.25) is 4.79 Å². The predicted octanol–water partition coefficient (Wildman–Crippen LogP) is 1.68. The number of piperidine rings is 1. The van der Waals surface area contributed by atoms with Crippen molar-refractivity contribution in [2.75, 3.05) is 13.1 Å². The molecule has 17 heavy (non-hydrogen) atoms. The van der Waals surface area contributed by atoms with E-state index in [0.717, 1.165) is 37.8 Å². The molecule has 1 heterocycles. The average Bonchev–Trinajstić information content (AvgIpc) is 2.92. The van der Waals surface area contributed by atoms with Crippen LogP contribution in [0.4, 0.5) is 0 Å². The summed E-state index contributed by atoms with van der Waals surface area (Å²) >= 11 is 0. The van der Waals surface area contributed by atoms with Gasteiger partial charge in [-0.1, -0.05) is 6.42 Å². The first-order valence-corrected chi connectivity index (χ1v) is 7.31. The molecule has 0 aromatic rings. The molecule has 2 bridgehead atoms. The highest BCUT2D eigenvalue weighted by Gasteiger charge is 2.40. The van der Waals surface area contributed by atoms with Crippen LogP contribution in [0.25, 0.3) is 0 Å². The fourth-order valence-corrected chi connectivity index (χ4v) is 4.13. The monoisotopic (exact) mass is 236 g/mol. The zero-order chi connectivity index (χ0) is 11.7. The number of hydrogen-bond acceptors (Lipinski definition) is 2. The molecule has 3 rings (SSSR count). The fraction of sp³-hybridized carbons (Fsp3) is 0.929. The largest absolute Gasteiger partial charge is 0.352 e. The lowest BCUT2D eigenvalue weighted by Crippen LogP contribution is -2.46. The molecule has 4 unspecified atom stereocenters. The molecule has 0 radical (unpaired) electrons. The number of carbonyl (C=O) groups is 1. The van der Waals surface area contributed by atoms with Crippen LogP contribution in [0.5, 0.6) is 0 Å². The van der Waals surface area contributed by atoms with Crippen LogP contribution in [0.15, 0.2) is 0 Å². The van der Waals surface area contributed by atoms with Crippen LogP contribution >= 0.6 is 0 Å². The summed E-state index contributed by atoms with van der Waals surface area (Å²) in [5.41, 5.74) is 0. The topological polar surface area (TPSA) is 41.1 Å². The van der Waals surface area contributed by atoms with Gasteiger partial charge >= 0.3 is 0 Å². The Kier molecular flexibility index (Phi) is 3.37. The van der Waals surface area contributed by atoms with Gasteiger partial charge in [-0.25, -0.2) is 0 Å².